The average Bonchev–Trinajstić information content (AvgIpc) is 2.82. The number of nitrogens with one attached hydrogen (secondary N) is 1. The van der Waals surface area contributed by atoms with E-state index in [4.69, 9.17) is 9.47 Å². The summed E-state index contributed by atoms with van der Waals surface area (Å²) in [7, 11) is 0. The molecule has 2 aromatic carbocycles. The summed E-state index contributed by atoms with van der Waals surface area (Å²) in [5.41, 5.74) is 2.65. The van der Waals surface area contributed by atoms with Crippen LogP contribution in [-0.2, 0) is 19.1 Å². The number of dihydropyridines is 1. The van der Waals surface area contributed by atoms with Crippen LogP contribution in [0, 0.1) is 10.1 Å². The zero-order valence-electron chi connectivity index (χ0n) is 19.2. The van der Waals surface area contributed by atoms with E-state index in [0.29, 0.717) is 17.0 Å². The van der Waals surface area contributed by atoms with E-state index in [-0.39, 0.29) is 30.0 Å². The van der Waals surface area contributed by atoms with E-state index in [0.717, 1.165) is 5.56 Å². The SMILES string of the molecule is CCOC(=O)C1=C(C)NC(C)=C(C(=O)OC/C=C/c2ccccc2)[C@@H]1c1cccc([N+](=O)[O-])c1. The molecular formula is C26H26N2O6. The number of nitro benzene ring substituents is 1. The Labute approximate surface area is 197 Å². The number of nitrogens with zero attached hydrogens (tertiary/aromatic N) is 1. The largest absolute Gasteiger partial charge is 0.463 e. The summed E-state index contributed by atoms with van der Waals surface area (Å²) in [4.78, 5) is 36.9. The van der Waals surface area contributed by atoms with Crippen LogP contribution in [0.15, 0.2) is 83.2 Å². The Kier molecular flexibility index (Phi) is 7.97. The van der Waals surface area contributed by atoms with E-state index in [9.17, 15) is 19.7 Å². The molecule has 1 N–H and O–H groups in total. The molecule has 1 atom stereocenters. The number of non-ortho nitro benzene ring substituents is 1. The first kappa shape index (κ1) is 24.4. The molecule has 34 heavy (non-hydrogen) atoms. The van der Waals surface area contributed by atoms with E-state index in [1.807, 2.05) is 36.4 Å². The molecule has 8 nitrogen and oxygen atoms in total. The van der Waals surface area contributed by atoms with Gasteiger partial charge in [-0.15, -0.1) is 0 Å². The summed E-state index contributed by atoms with van der Waals surface area (Å²) >= 11 is 0. The molecule has 176 valence electrons. The van der Waals surface area contributed by atoms with Crippen molar-refractivity contribution in [1.29, 1.82) is 0 Å². The van der Waals surface area contributed by atoms with Gasteiger partial charge in [-0.2, -0.15) is 0 Å². The summed E-state index contributed by atoms with van der Waals surface area (Å²) in [6.45, 7) is 5.24. The fraction of sp³-hybridized carbons (Fsp3) is 0.231. The number of carbonyl (C=O) groups is 2. The highest BCUT2D eigenvalue weighted by Crippen LogP contribution is 2.40. The minimum atomic E-state index is -0.884. The highest BCUT2D eigenvalue weighted by Gasteiger charge is 2.38. The number of hydrogen-bond acceptors (Lipinski definition) is 7. The van der Waals surface area contributed by atoms with Crippen LogP contribution < -0.4 is 5.32 Å². The van der Waals surface area contributed by atoms with Gasteiger partial charge in [0.1, 0.15) is 6.61 Å². The molecule has 1 heterocycles. The van der Waals surface area contributed by atoms with Crippen molar-refractivity contribution in [3.63, 3.8) is 0 Å². The van der Waals surface area contributed by atoms with Crippen molar-refractivity contribution in [3.8, 4) is 0 Å². The summed E-state index contributed by atoms with van der Waals surface area (Å²) in [5, 5.41) is 14.4. The maximum absolute atomic E-state index is 13.2. The van der Waals surface area contributed by atoms with Crippen molar-refractivity contribution in [3.05, 3.63) is 104 Å². The minimum absolute atomic E-state index is 0.0175. The molecule has 0 bridgehead atoms. The second kappa shape index (κ2) is 11.1. The quantitative estimate of drug-likeness (QED) is 0.346. The number of carbonyl (C=O) groups excluding carboxylic acids is 2. The Bertz CT molecular complexity index is 1180. The summed E-state index contributed by atoms with van der Waals surface area (Å²) in [6, 6.07) is 15.5. The van der Waals surface area contributed by atoms with Gasteiger partial charge in [-0.1, -0.05) is 48.5 Å². The van der Waals surface area contributed by atoms with Gasteiger partial charge in [0.2, 0.25) is 0 Å². The molecule has 0 aliphatic carbocycles. The number of ether oxygens (including phenoxy) is 2. The third kappa shape index (κ3) is 5.58. The third-order valence-corrected chi connectivity index (χ3v) is 5.31. The summed E-state index contributed by atoms with van der Waals surface area (Å²) < 4.78 is 10.7. The van der Waals surface area contributed by atoms with Gasteiger partial charge >= 0.3 is 11.9 Å². The van der Waals surface area contributed by atoms with E-state index >= 15 is 0 Å². The maximum atomic E-state index is 13.2. The van der Waals surface area contributed by atoms with Crippen molar-refractivity contribution >= 4 is 23.7 Å². The highest BCUT2D eigenvalue weighted by atomic mass is 16.6. The van der Waals surface area contributed by atoms with Crippen LogP contribution in [0.3, 0.4) is 0 Å². The lowest BCUT2D eigenvalue weighted by atomic mass is 9.80. The van der Waals surface area contributed by atoms with Crippen LogP contribution in [0.5, 0.6) is 0 Å². The zero-order valence-corrected chi connectivity index (χ0v) is 19.2. The highest BCUT2D eigenvalue weighted by molar-refractivity contribution is 6.00. The van der Waals surface area contributed by atoms with Gasteiger partial charge in [-0.3, -0.25) is 10.1 Å². The molecule has 1 aliphatic heterocycles. The molecule has 0 saturated heterocycles. The number of allylic oxidation sites excluding steroid dienone is 2. The molecule has 0 saturated carbocycles. The minimum Gasteiger partial charge on any atom is -0.463 e. The predicted molar refractivity (Wildman–Crippen MR) is 127 cm³/mol. The number of nitro groups is 1. The normalized spacial score (nSPS) is 15.8. The first-order valence-electron chi connectivity index (χ1n) is 10.8. The van der Waals surface area contributed by atoms with Gasteiger partial charge in [-0.05, 0) is 38.0 Å². The van der Waals surface area contributed by atoms with Crippen molar-refractivity contribution in [2.24, 2.45) is 0 Å². The second-order valence-electron chi connectivity index (χ2n) is 7.62. The molecule has 2 aromatic rings. The molecule has 0 amide bonds. The second-order valence-corrected chi connectivity index (χ2v) is 7.62. The zero-order chi connectivity index (χ0) is 24.7. The molecule has 0 fully saturated rings. The molecular weight excluding hydrogens is 436 g/mol. The van der Waals surface area contributed by atoms with Gasteiger partial charge in [-0.25, -0.2) is 9.59 Å². The lowest BCUT2D eigenvalue weighted by Crippen LogP contribution is -2.32. The van der Waals surface area contributed by atoms with Crippen molar-refractivity contribution < 1.29 is 24.0 Å². The van der Waals surface area contributed by atoms with Gasteiger partial charge < -0.3 is 14.8 Å². The molecule has 0 radical (unpaired) electrons. The van der Waals surface area contributed by atoms with Crippen molar-refractivity contribution in [2.75, 3.05) is 13.2 Å². The van der Waals surface area contributed by atoms with E-state index in [1.54, 1.807) is 32.9 Å². The fourth-order valence-electron chi connectivity index (χ4n) is 3.85. The van der Waals surface area contributed by atoms with Gasteiger partial charge in [0.05, 0.1) is 28.6 Å². The van der Waals surface area contributed by atoms with E-state index < -0.39 is 22.8 Å². The Hall–Kier alpha value is -4.20. The van der Waals surface area contributed by atoms with Crippen LogP contribution >= 0.6 is 0 Å². The van der Waals surface area contributed by atoms with Crippen molar-refractivity contribution in [2.45, 2.75) is 26.7 Å². The van der Waals surface area contributed by atoms with Gasteiger partial charge in [0, 0.05) is 23.5 Å². The van der Waals surface area contributed by atoms with Crippen LogP contribution in [0.2, 0.25) is 0 Å². The van der Waals surface area contributed by atoms with Gasteiger partial charge in [0.25, 0.3) is 5.69 Å². The lowest BCUT2D eigenvalue weighted by molar-refractivity contribution is -0.384. The lowest BCUT2D eigenvalue weighted by Gasteiger charge is -2.30. The Morgan fingerprint density at radius 2 is 1.65 bits per heavy atom. The van der Waals surface area contributed by atoms with Crippen LogP contribution in [-0.4, -0.2) is 30.1 Å². The van der Waals surface area contributed by atoms with Gasteiger partial charge in [0.15, 0.2) is 0 Å². The van der Waals surface area contributed by atoms with E-state index in [2.05, 4.69) is 5.32 Å². The smallest absolute Gasteiger partial charge is 0.337 e. The third-order valence-electron chi connectivity index (χ3n) is 5.31. The predicted octanol–water partition coefficient (Wildman–Crippen LogP) is 4.65. The molecule has 0 aromatic heterocycles. The summed E-state index contributed by atoms with van der Waals surface area (Å²) in [6.07, 6.45) is 3.55. The molecule has 8 heteroatoms. The molecule has 0 spiro atoms. The number of rotatable bonds is 8. The first-order valence-corrected chi connectivity index (χ1v) is 10.8. The van der Waals surface area contributed by atoms with E-state index in [1.165, 1.54) is 18.2 Å². The maximum Gasteiger partial charge on any atom is 0.337 e. The fourth-order valence-corrected chi connectivity index (χ4v) is 3.85. The first-order chi connectivity index (χ1) is 16.3. The number of hydrogen-bond donors (Lipinski definition) is 1. The number of esters is 2. The molecule has 1 aliphatic rings. The number of benzene rings is 2. The Morgan fingerprint density at radius 3 is 2.26 bits per heavy atom. The standard InChI is InChI=1S/C26H26N2O6/c1-4-33-25(29)22-17(2)27-18(3)23(24(22)20-13-8-14-21(16-20)28(31)32)26(30)34-15-9-12-19-10-6-5-7-11-19/h5-14,16,24,27H,4,15H2,1-3H3/b12-9+/t24-/m1/s1. The van der Waals surface area contributed by atoms with Crippen LogP contribution in [0.1, 0.15) is 37.8 Å². The molecule has 3 rings (SSSR count). The Morgan fingerprint density at radius 1 is 1.00 bits per heavy atom. The Balaban J connectivity index is 1.95. The van der Waals surface area contributed by atoms with Crippen LogP contribution in [0.4, 0.5) is 5.69 Å². The molecule has 0 unspecified atom stereocenters. The monoisotopic (exact) mass is 462 g/mol. The average molecular weight is 463 g/mol. The topological polar surface area (TPSA) is 108 Å². The van der Waals surface area contributed by atoms with Crippen molar-refractivity contribution in [1.82, 2.24) is 5.32 Å². The van der Waals surface area contributed by atoms with Crippen LogP contribution in [0.25, 0.3) is 6.08 Å². The summed E-state index contributed by atoms with van der Waals surface area (Å²) in [5.74, 6) is -2.12.